The molecule has 1 aliphatic heterocycles. The van der Waals surface area contributed by atoms with E-state index in [9.17, 15) is 4.79 Å². The summed E-state index contributed by atoms with van der Waals surface area (Å²) in [4.78, 5) is 19.8. The fraction of sp³-hybridized carbons (Fsp3) is 0.333. The molecular weight excluding hydrogens is 362 g/mol. The minimum Gasteiger partial charge on any atom is -0.497 e. The highest BCUT2D eigenvalue weighted by Gasteiger charge is 2.42. The number of fused-ring (bicyclic) bond motifs is 1. The van der Waals surface area contributed by atoms with Crippen molar-refractivity contribution in [1.29, 1.82) is 0 Å². The minimum absolute atomic E-state index is 0.0743. The molecule has 1 aromatic heterocycles. The summed E-state index contributed by atoms with van der Waals surface area (Å²) in [5.74, 6) is 1.51. The Bertz CT molecular complexity index is 1080. The Morgan fingerprint density at radius 2 is 1.90 bits per heavy atom. The molecule has 1 fully saturated rings. The van der Waals surface area contributed by atoms with Crippen LogP contribution in [0.4, 0.5) is 0 Å². The number of carbonyl (C=O) groups excluding carboxylic acids is 1. The van der Waals surface area contributed by atoms with Gasteiger partial charge in [-0.3, -0.25) is 4.79 Å². The van der Waals surface area contributed by atoms with E-state index < -0.39 is 0 Å². The molecule has 2 heterocycles. The van der Waals surface area contributed by atoms with Crippen LogP contribution in [-0.4, -0.2) is 27.5 Å². The number of ether oxygens (including phenoxy) is 1. The Morgan fingerprint density at radius 1 is 1.14 bits per heavy atom. The van der Waals surface area contributed by atoms with Crippen LogP contribution in [0.15, 0.2) is 55.0 Å². The first-order valence-electron chi connectivity index (χ1n) is 10.1. The monoisotopic (exact) mass is 387 g/mol. The topological polar surface area (TPSA) is 47.4 Å². The smallest absolute Gasteiger partial charge is 0.255 e. The summed E-state index contributed by atoms with van der Waals surface area (Å²) in [5.41, 5.74) is 4.71. The summed E-state index contributed by atoms with van der Waals surface area (Å²) in [6.07, 6.45) is 6.41. The summed E-state index contributed by atoms with van der Waals surface area (Å²) in [6.45, 7) is 4.79. The van der Waals surface area contributed by atoms with Crippen LogP contribution in [0.25, 0.3) is 5.69 Å². The van der Waals surface area contributed by atoms with E-state index >= 15 is 0 Å². The van der Waals surface area contributed by atoms with Gasteiger partial charge in [-0.15, -0.1) is 0 Å². The lowest BCUT2D eigenvalue weighted by atomic mass is 9.93. The van der Waals surface area contributed by atoms with Crippen LogP contribution in [0.2, 0.25) is 0 Å². The van der Waals surface area contributed by atoms with Crippen LogP contribution in [-0.2, 0) is 12.1 Å². The number of rotatable bonds is 5. The molecule has 148 valence electrons. The van der Waals surface area contributed by atoms with Crippen molar-refractivity contribution in [3.05, 3.63) is 77.4 Å². The standard InChI is InChI=1S/C24H25N3O2/c1-24(2)21-11-8-18(26-14-22(25-15-26)17-6-7-17)12-20(21)23(28)27(24)13-16-4-9-19(29-3)10-5-16/h4-5,8-12,14-15,17H,6-7,13H2,1-3H3. The maximum Gasteiger partial charge on any atom is 0.255 e. The number of amides is 1. The van der Waals surface area contributed by atoms with Gasteiger partial charge in [-0.05, 0) is 62.1 Å². The van der Waals surface area contributed by atoms with Gasteiger partial charge in [-0.25, -0.2) is 4.98 Å². The average molecular weight is 387 g/mol. The molecule has 5 heteroatoms. The third kappa shape index (κ3) is 3.01. The van der Waals surface area contributed by atoms with Crippen molar-refractivity contribution in [3.63, 3.8) is 0 Å². The molecular formula is C24H25N3O2. The second-order valence-electron chi connectivity index (χ2n) is 8.51. The quantitative estimate of drug-likeness (QED) is 0.640. The lowest BCUT2D eigenvalue weighted by Crippen LogP contribution is -2.38. The van der Waals surface area contributed by atoms with Crippen LogP contribution in [0.5, 0.6) is 5.75 Å². The molecule has 1 aliphatic carbocycles. The van der Waals surface area contributed by atoms with E-state index in [2.05, 4.69) is 37.2 Å². The molecule has 0 saturated heterocycles. The summed E-state index contributed by atoms with van der Waals surface area (Å²) in [6, 6.07) is 14.1. The SMILES string of the molecule is COc1ccc(CN2C(=O)c3cc(-n4cnc(C5CC5)c4)ccc3C2(C)C)cc1. The van der Waals surface area contributed by atoms with E-state index in [0.717, 1.165) is 33.8 Å². The number of carbonyl (C=O) groups is 1. The van der Waals surface area contributed by atoms with Gasteiger partial charge in [0.05, 0.1) is 24.7 Å². The molecule has 0 N–H and O–H groups in total. The number of aromatic nitrogens is 2. The number of methoxy groups -OCH3 is 1. The Morgan fingerprint density at radius 3 is 2.59 bits per heavy atom. The minimum atomic E-state index is -0.362. The normalized spacial score (nSPS) is 17.5. The second-order valence-corrected chi connectivity index (χ2v) is 8.51. The molecule has 0 atom stereocenters. The molecule has 0 unspecified atom stereocenters. The number of benzene rings is 2. The Hall–Kier alpha value is -3.08. The molecule has 2 aromatic carbocycles. The van der Waals surface area contributed by atoms with E-state index in [1.54, 1.807) is 7.11 Å². The largest absolute Gasteiger partial charge is 0.497 e. The van der Waals surface area contributed by atoms with Crippen LogP contribution < -0.4 is 4.74 Å². The predicted molar refractivity (Wildman–Crippen MR) is 111 cm³/mol. The van der Waals surface area contributed by atoms with Gasteiger partial charge in [0.2, 0.25) is 0 Å². The molecule has 29 heavy (non-hydrogen) atoms. The maximum absolute atomic E-state index is 13.3. The zero-order valence-electron chi connectivity index (χ0n) is 17.1. The van der Waals surface area contributed by atoms with Crippen molar-refractivity contribution in [2.45, 2.75) is 44.7 Å². The maximum atomic E-state index is 13.3. The third-order valence-electron chi connectivity index (χ3n) is 6.21. The number of nitrogens with zero attached hydrogens (tertiary/aromatic N) is 3. The van der Waals surface area contributed by atoms with Crippen molar-refractivity contribution >= 4 is 5.91 Å². The average Bonchev–Trinajstić information content (AvgIpc) is 3.43. The first kappa shape index (κ1) is 18.0. The molecule has 5 nitrogen and oxygen atoms in total. The van der Waals surface area contributed by atoms with Gasteiger partial charge < -0.3 is 14.2 Å². The van der Waals surface area contributed by atoms with Crippen molar-refractivity contribution in [1.82, 2.24) is 14.5 Å². The van der Waals surface area contributed by atoms with Crippen molar-refractivity contribution in [2.24, 2.45) is 0 Å². The molecule has 1 saturated carbocycles. The number of imidazole rings is 1. The molecule has 0 spiro atoms. The Labute approximate surface area is 170 Å². The van der Waals surface area contributed by atoms with E-state index in [4.69, 9.17) is 4.74 Å². The molecule has 0 radical (unpaired) electrons. The van der Waals surface area contributed by atoms with E-state index in [1.807, 2.05) is 46.1 Å². The third-order valence-corrected chi connectivity index (χ3v) is 6.21. The van der Waals surface area contributed by atoms with Gasteiger partial charge in [0.1, 0.15) is 5.75 Å². The van der Waals surface area contributed by atoms with E-state index in [1.165, 1.54) is 12.8 Å². The molecule has 0 bridgehead atoms. The van der Waals surface area contributed by atoms with Crippen molar-refractivity contribution in [2.75, 3.05) is 7.11 Å². The second kappa shape index (κ2) is 6.48. The summed E-state index contributed by atoms with van der Waals surface area (Å²) in [7, 11) is 1.66. The first-order valence-corrected chi connectivity index (χ1v) is 10.1. The van der Waals surface area contributed by atoms with Crippen molar-refractivity contribution in [3.8, 4) is 11.4 Å². The highest BCUT2D eigenvalue weighted by Crippen LogP contribution is 2.41. The van der Waals surface area contributed by atoms with Gasteiger partial charge in [-0.2, -0.15) is 0 Å². The van der Waals surface area contributed by atoms with E-state index in [0.29, 0.717) is 12.5 Å². The Balaban J connectivity index is 1.45. The van der Waals surface area contributed by atoms with Crippen LogP contribution in [0.1, 0.15) is 59.8 Å². The zero-order chi connectivity index (χ0) is 20.2. The predicted octanol–water partition coefficient (Wildman–Crippen LogP) is 4.65. The van der Waals surface area contributed by atoms with Gasteiger partial charge in [0.25, 0.3) is 5.91 Å². The lowest BCUT2D eigenvalue weighted by molar-refractivity contribution is 0.0595. The van der Waals surface area contributed by atoms with Gasteiger partial charge >= 0.3 is 0 Å². The highest BCUT2D eigenvalue weighted by atomic mass is 16.5. The van der Waals surface area contributed by atoms with Crippen LogP contribution in [0.3, 0.4) is 0 Å². The first-order chi connectivity index (χ1) is 14.0. The van der Waals surface area contributed by atoms with Crippen molar-refractivity contribution < 1.29 is 9.53 Å². The summed E-state index contributed by atoms with van der Waals surface area (Å²) < 4.78 is 7.27. The van der Waals surface area contributed by atoms with Crippen LogP contribution in [0, 0.1) is 0 Å². The fourth-order valence-electron chi connectivity index (χ4n) is 4.20. The molecule has 1 amide bonds. The summed E-state index contributed by atoms with van der Waals surface area (Å²) >= 11 is 0. The van der Waals surface area contributed by atoms with Gasteiger partial charge in [0.15, 0.2) is 0 Å². The number of hydrogen-bond acceptors (Lipinski definition) is 3. The fourth-order valence-corrected chi connectivity index (χ4v) is 4.20. The van der Waals surface area contributed by atoms with Gasteiger partial charge in [-0.1, -0.05) is 18.2 Å². The molecule has 2 aliphatic rings. The lowest BCUT2D eigenvalue weighted by Gasteiger charge is -2.32. The zero-order valence-corrected chi connectivity index (χ0v) is 17.1. The highest BCUT2D eigenvalue weighted by molar-refractivity contribution is 6.00. The summed E-state index contributed by atoms with van der Waals surface area (Å²) in [5, 5.41) is 0. The number of hydrogen-bond donors (Lipinski definition) is 0. The van der Waals surface area contributed by atoms with Crippen LogP contribution >= 0.6 is 0 Å². The Kier molecular flexibility index (Phi) is 4.02. The van der Waals surface area contributed by atoms with E-state index in [-0.39, 0.29) is 11.4 Å². The molecule has 5 rings (SSSR count). The molecule has 3 aromatic rings. The van der Waals surface area contributed by atoms with Gasteiger partial charge in [0, 0.05) is 29.9 Å².